The van der Waals surface area contributed by atoms with Gasteiger partial charge in [0.1, 0.15) is 5.15 Å². The Hall–Kier alpha value is -0.740. The first-order valence-corrected chi connectivity index (χ1v) is 6.64. The molecule has 1 unspecified atom stereocenters. The standard InChI is InChI=1S/C11H15ClN2OS/c1-7-4-9(5-10(12)14-7)11(15)13-6-8(2)16-3/h4-5,8H,6H2,1-3H3,(H,13,15). The SMILES string of the molecule is CSC(C)CNC(=O)c1cc(C)nc(Cl)c1. The number of hydrogen-bond donors (Lipinski definition) is 1. The maximum absolute atomic E-state index is 11.8. The molecule has 1 aromatic heterocycles. The highest BCUT2D eigenvalue weighted by atomic mass is 35.5. The van der Waals surface area contributed by atoms with Crippen LogP contribution >= 0.6 is 23.4 Å². The third kappa shape index (κ3) is 4.02. The summed E-state index contributed by atoms with van der Waals surface area (Å²) in [5.41, 5.74) is 1.31. The van der Waals surface area contributed by atoms with Crippen molar-refractivity contribution in [2.75, 3.05) is 12.8 Å². The van der Waals surface area contributed by atoms with Crippen molar-refractivity contribution in [1.82, 2.24) is 10.3 Å². The molecule has 16 heavy (non-hydrogen) atoms. The van der Waals surface area contributed by atoms with Crippen LogP contribution in [0.1, 0.15) is 23.0 Å². The van der Waals surface area contributed by atoms with E-state index in [2.05, 4.69) is 17.2 Å². The lowest BCUT2D eigenvalue weighted by atomic mass is 10.2. The van der Waals surface area contributed by atoms with Crippen molar-refractivity contribution in [3.63, 3.8) is 0 Å². The molecule has 0 aliphatic carbocycles. The highest BCUT2D eigenvalue weighted by molar-refractivity contribution is 7.99. The minimum atomic E-state index is -0.103. The van der Waals surface area contributed by atoms with Gasteiger partial charge in [-0.25, -0.2) is 4.98 Å². The molecule has 1 rings (SSSR count). The predicted octanol–water partition coefficient (Wildman–Crippen LogP) is 2.52. The Kier molecular flexibility index (Phi) is 5.09. The largest absolute Gasteiger partial charge is 0.351 e. The van der Waals surface area contributed by atoms with E-state index in [0.717, 1.165) is 5.69 Å². The molecule has 3 nitrogen and oxygen atoms in total. The predicted molar refractivity (Wildman–Crippen MR) is 69.3 cm³/mol. The van der Waals surface area contributed by atoms with Crippen molar-refractivity contribution in [3.05, 3.63) is 28.5 Å². The monoisotopic (exact) mass is 258 g/mol. The summed E-state index contributed by atoms with van der Waals surface area (Å²) in [6.07, 6.45) is 2.02. The fourth-order valence-corrected chi connectivity index (χ4v) is 1.68. The van der Waals surface area contributed by atoms with Gasteiger partial charge in [-0.2, -0.15) is 11.8 Å². The number of amides is 1. The summed E-state index contributed by atoms with van der Waals surface area (Å²) in [5.74, 6) is -0.103. The van der Waals surface area contributed by atoms with Gasteiger partial charge in [0.25, 0.3) is 5.91 Å². The first-order chi connectivity index (χ1) is 7.52. The van der Waals surface area contributed by atoms with E-state index in [1.165, 1.54) is 0 Å². The van der Waals surface area contributed by atoms with Crippen molar-refractivity contribution < 1.29 is 4.79 Å². The van der Waals surface area contributed by atoms with E-state index < -0.39 is 0 Å². The first-order valence-electron chi connectivity index (χ1n) is 4.98. The Balaban J connectivity index is 2.66. The highest BCUT2D eigenvalue weighted by Crippen LogP contribution is 2.10. The number of nitrogens with one attached hydrogen (secondary N) is 1. The molecule has 1 aromatic rings. The quantitative estimate of drug-likeness (QED) is 0.844. The molecule has 0 aliphatic heterocycles. The third-order valence-corrected chi connectivity index (χ3v) is 3.30. The number of pyridine rings is 1. The molecule has 0 saturated heterocycles. The van der Waals surface area contributed by atoms with Crippen LogP contribution < -0.4 is 5.32 Å². The number of carbonyl (C=O) groups is 1. The Bertz CT molecular complexity index is 364. The maximum Gasteiger partial charge on any atom is 0.251 e. The maximum atomic E-state index is 11.8. The molecule has 0 saturated carbocycles. The second-order valence-corrected chi connectivity index (χ2v) is 5.24. The fourth-order valence-electron chi connectivity index (χ4n) is 1.18. The molecule has 1 amide bonds. The van der Waals surface area contributed by atoms with E-state index >= 15 is 0 Å². The Morgan fingerprint density at radius 1 is 1.62 bits per heavy atom. The van der Waals surface area contributed by atoms with Crippen LogP contribution in [-0.4, -0.2) is 28.9 Å². The number of aromatic nitrogens is 1. The van der Waals surface area contributed by atoms with Gasteiger partial charge in [-0.15, -0.1) is 0 Å². The zero-order chi connectivity index (χ0) is 12.1. The summed E-state index contributed by atoms with van der Waals surface area (Å²) >= 11 is 7.50. The van der Waals surface area contributed by atoms with Crippen LogP contribution in [0.4, 0.5) is 0 Å². The van der Waals surface area contributed by atoms with Crippen molar-refractivity contribution in [3.8, 4) is 0 Å². The topological polar surface area (TPSA) is 42.0 Å². The van der Waals surface area contributed by atoms with E-state index in [0.29, 0.717) is 22.5 Å². The van der Waals surface area contributed by atoms with Gasteiger partial charge < -0.3 is 5.32 Å². The molecule has 0 fully saturated rings. The van der Waals surface area contributed by atoms with E-state index in [4.69, 9.17) is 11.6 Å². The van der Waals surface area contributed by atoms with Gasteiger partial charge in [-0.05, 0) is 25.3 Å². The number of thioether (sulfide) groups is 1. The van der Waals surface area contributed by atoms with Crippen molar-refractivity contribution in [1.29, 1.82) is 0 Å². The highest BCUT2D eigenvalue weighted by Gasteiger charge is 2.08. The molecule has 0 radical (unpaired) electrons. The summed E-state index contributed by atoms with van der Waals surface area (Å²) in [6, 6.07) is 3.30. The summed E-state index contributed by atoms with van der Waals surface area (Å²) < 4.78 is 0. The van der Waals surface area contributed by atoms with Gasteiger partial charge in [0.15, 0.2) is 0 Å². The molecule has 0 aromatic carbocycles. The lowest BCUT2D eigenvalue weighted by molar-refractivity contribution is 0.0954. The number of nitrogens with zero attached hydrogens (tertiary/aromatic N) is 1. The number of halogens is 1. The van der Waals surface area contributed by atoms with Gasteiger partial charge in [-0.3, -0.25) is 4.79 Å². The molecule has 1 N–H and O–H groups in total. The van der Waals surface area contributed by atoms with Crippen molar-refractivity contribution in [2.24, 2.45) is 0 Å². The summed E-state index contributed by atoms with van der Waals surface area (Å²) in [4.78, 5) is 15.8. The first kappa shape index (κ1) is 13.3. The molecule has 0 bridgehead atoms. The van der Waals surface area contributed by atoms with Crippen LogP contribution in [0.15, 0.2) is 12.1 Å². The number of carbonyl (C=O) groups excluding carboxylic acids is 1. The molecular formula is C11H15ClN2OS. The normalized spacial score (nSPS) is 12.2. The van der Waals surface area contributed by atoms with E-state index in [9.17, 15) is 4.79 Å². The smallest absolute Gasteiger partial charge is 0.251 e. The Labute approximate surface area is 105 Å². The second-order valence-electron chi connectivity index (χ2n) is 3.58. The molecule has 88 valence electrons. The van der Waals surface area contributed by atoms with Crippen LogP contribution in [0, 0.1) is 6.92 Å². The Morgan fingerprint density at radius 3 is 2.88 bits per heavy atom. The third-order valence-electron chi connectivity index (χ3n) is 2.14. The van der Waals surface area contributed by atoms with Gasteiger partial charge in [0, 0.05) is 23.1 Å². The average Bonchev–Trinajstić information content (AvgIpc) is 2.23. The van der Waals surface area contributed by atoms with E-state index in [-0.39, 0.29) is 5.91 Å². The van der Waals surface area contributed by atoms with Crippen LogP contribution in [0.2, 0.25) is 5.15 Å². The number of rotatable bonds is 4. The van der Waals surface area contributed by atoms with Crippen LogP contribution in [0.5, 0.6) is 0 Å². The van der Waals surface area contributed by atoms with E-state index in [1.807, 2.05) is 13.2 Å². The molecule has 1 heterocycles. The molecule has 0 aliphatic rings. The second kappa shape index (κ2) is 6.11. The molecule has 5 heteroatoms. The summed E-state index contributed by atoms with van der Waals surface area (Å²) in [5, 5.41) is 3.61. The summed E-state index contributed by atoms with van der Waals surface area (Å²) in [6.45, 7) is 4.53. The van der Waals surface area contributed by atoms with Gasteiger partial charge >= 0.3 is 0 Å². The summed E-state index contributed by atoms with van der Waals surface area (Å²) in [7, 11) is 0. The Morgan fingerprint density at radius 2 is 2.31 bits per heavy atom. The number of aryl methyl sites for hydroxylation is 1. The molecular weight excluding hydrogens is 244 g/mol. The average molecular weight is 259 g/mol. The van der Waals surface area contributed by atoms with Crippen LogP contribution in [0.3, 0.4) is 0 Å². The van der Waals surface area contributed by atoms with Crippen LogP contribution in [-0.2, 0) is 0 Å². The minimum Gasteiger partial charge on any atom is -0.351 e. The molecule has 1 atom stereocenters. The van der Waals surface area contributed by atoms with Crippen molar-refractivity contribution in [2.45, 2.75) is 19.1 Å². The lowest BCUT2D eigenvalue weighted by Crippen LogP contribution is -2.29. The van der Waals surface area contributed by atoms with E-state index in [1.54, 1.807) is 23.9 Å². The number of hydrogen-bond acceptors (Lipinski definition) is 3. The lowest BCUT2D eigenvalue weighted by Gasteiger charge is -2.10. The zero-order valence-corrected chi connectivity index (χ0v) is 11.2. The van der Waals surface area contributed by atoms with Crippen molar-refractivity contribution >= 4 is 29.3 Å². The molecule has 0 spiro atoms. The van der Waals surface area contributed by atoms with Gasteiger partial charge in [0.05, 0.1) is 0 Å². The van der Waals surface area contributed by atoms with Crippen LogP contribution in [0.25, 0.3) is 0 Å². The fraction of sp³-hybridized carbons (Fsp3) is 0.455. The van der Waals surface area contributed by atoms with Gasteiger partial charge in [0.2, 0.25) is 0 Å². The zero-order valence-electron chi connectivity index (χ0n) is 9.58. The van der Waals surface area contributed by atoms with Gasteiger partial charge in [-0.1, -0.05) is 18.5 Å². The minimum absolute atomic E-state index is 0.103.